The number of aromatic nitrogens is 1. The van der Waals surface area contributed by atoms with E-state index in [1.807, 2.05) is 25.3 Å². The van der Waals surface area contributed by atoms with Gasteiger partial charge >= 0.3 is 0 Å². The summed E-state index contributed by atoms with van der Waals surface area (Å²) in [6.07, 6.45) is 5.26. The lowest BCUT2D eigenvalue weighted by Crippen LogP contribution is -2.29. The van der Waals surface area contributed by atoms with Crippen LogP contribution in [-0.2, 0) is 16.1 Å². The number of amidine groups is 1. The zero-order valence-electron chi connectivity index (χ0n) is 18.3. The normalized spacial score (nSPS) is 14.9. The third-order valence-electron chi connectivity index (χ3n) is 5.36. The molecular formula is C24H29N3O4. The molecule has 31 heavy (non-hydrogen) atoms. The van der Waals surface area contributed by atoms with Gasteiger partial charge in [-0.15, -0.1) is 0 Å². The van der Waals surface area contributed by atoms with Crippen molar-refractivity contribution < 1.29 is 19.0 Å². The number of carbonyl (C=O) groups excluding carboxylic acids is 1. The number of carbonyl (C=O) groups is 1. The van der Waals surface area contributed by atoms with Crippen molar-refractivity contribution in [3.8, 4) is 5.88 Å². The van der Waals surface area contributed by atoms with E-state index in [0.29, 0.717) is 35.5 Å². The van der Waals surface area contributed by atoms with Gasteiger partial charge in [0.1, 0.15) is 11.5 Å². The maximum Gasteiger partial charge on any atom is 0.256 e. The van der Waals surface area contributed by atoms with Crippen LogP contribution in [0.3, 0.4) is 0 Å². The third kappa shape index (κ3) is 5.57. The second-order valence-corrected chi connectivity index (χ2v) is 7.37. The Bertz CT molecular complexity index is 948. The molecule has 1 fully saturated rings. The zero-order chi connectivity index (χ0) is 22.2. The van der Waals surface area contributed by atoms with Gasteiger partial charge in [-0.25, -0.2) is 9.98 Å². The van der Waals surface area contributed by atoms with E-state index in [1.54, 1.807) is 26.4 Å². The van der Waals surface area contributed by atoms with E-state index >= 15 is 0 Å². The highest BCUT2D eigenvalue weighted by Crippen LogP contribution is 2.37. The Labute approximate surface area is 183 Å². The van der Waals surface area contributed by atoms with Gasteiger partial charge in [0.15, 0.2) is 0 Å². The summed E-state index contributed by atoms with van der Waals surface area (Å²) in [7, 11) is 3.19. The molecule has 0 unspecified atom stereocenters. The molecule has 0 aliphatic carbocycles. The molecule has 1 aromatic carbocycles. The molecule has 0 spiro atoms. The molecule has 1 aliphatic heterocycles. The molecule has 1 saturated heterocycles. The van der Waals surface area contributed by atoms with E-state index in [2.05, 4.69) is 21.9 Å². The lowest BCUT2D eigenvalue weighted by atomic mass is 9.89. The van der Waals surface area contributed by atoms with E-state index in [1.165, 1.54) is 6.08 Å². The number of nitrogens with zero attached hydrogens (tertiary/aromatic N) is 2. The summed E-state index contributed by atoms with van der Waals surface area (Å²) in [5, 5.41) is 2.82. The average molecular weight is 424 g/mol. The lowest BCUT2D eigenvalue weighted by molar-refractivity contribution is 0.0851. The summed E-state index contributed by atoms with van der Waals surface area (Å²) >= 11 is 0. The quantitative estimate of drug-likeness (QED) is 0.536. The molecule has 2 heterocycles. The number of hydrogen-bond acceptors (Lipinski definition) is 6. The molecule has 0 saturated carbocycles. The second kappa shape index (κ2) is 10.8. The molecule has 1 N–H and O–H groups in total. The van der Waals surface area contributed by atoms with Crippen molar-refractivity contribution >= 4 is 17.4 Å². The fourth-order valence-corrected chi connectivity index (χ4v) is 3.64. The van der Waals surface area contributed by atoms with E-state index in [-0.39, 0.29) is 5.91 Å². The summed E-state index contributed by atoms with van der Waals surface area (Å²) in [5.74, 6) is 0.838. The first-order valence-electron chi connectivity index (χ1n) is 10.3. The molecule has 7 nitrogen and oxygen atoms in total. The molecule has 1 amide bonds. The minimum absolute atomic E-state index is 0.271. The van der Waals surface area contributed by atoms with Crippen molar-refractivity contribution in [2.75, 3.05) is 27.4 Å². The Morgan fingerprint density at radius 2 is 2.00 bits per heavy atom. The fraction of sp³-hybridized carbons (Fsp3) is 0.375. The van der Waals surface area contributed by atoms with Gasteiger partial charge < -0.3 is 19.5 Å². The predicted octanol–water partition coefficient (Wildman–Crippen LogP) is 4.09. The zero-order valence-corrected chi connectivity index (χ0v) is 18.3. The first-order valence-corrected chi connectivity index (χ1v) is 10.3. The van der Waals surface area contributed by atoms with Crippen LogP contribution in [0.2, 0.25) is 0 Å². The van der Waals surface area contributed by atoms with E-state index < -0.39 is 0 Å². The maximum atomic E-state index is 12.7. The number of ether oxygens (including phenoxy) is 3. The number of amides is 1. The Balaban J connectivity index is 1.86. The molecule has 0 radical (unpaired) electrons. The maximum absolute atomic E-state index is 12.7. The summed E-state index contributed by atoms with van der Waals surface area (Å²) in [4.78, 5) is 21.8. The number of benzene rings is 1. The van der Waals surface area contributed by atoms with Crippen LogP contribution in [-0.4, -0.2) is 44.2 Å². The molecular weight excluding hydrogens is 394 g/mol. The number of rotatable bonds is 7. The van der Waals surface area contributed by atoms with Crippen LogP contribution < -0.4 is 10.1 Å². The summed E-state index contributed by atoms with van der Waals surface area (Å²) in [6, 6.07) is 7.22. The topological polar surface area (TPSA) is 82.0 Å². The Morgan fingerprint density at radius 3 is 2.61 bits per heavy atom. The van der Waals surface area contributed by atoms with Crippen molar-refractivity contribution in [3.63, 3.8) is 0 Å². The Kier molecular flexibility index (Phi) is 7.92. The van der Waals surface area contributed by atoms with Crippen LogP contribution in [0.4, 0.5) is 5.69 Å². The van der Waals surface area contributed by atoms with Gasteiger partial charge in [0.2, 0.25) is 5.88 Å². The highest BCUT2D eigenvalue weighted by atomic mass is 16.5. The highest BCUT2D eigenvalue weighted by Gasteiger charge is 2.22. The lowest BCUT2D eigenvalue weighted by Gasteiger charge is -2.24. The van der Waals surface area contributed by atoms with E-state index in [9.17, 15) is 4.79 Å². The van der Waals surface area contributed by atoms with Gasteiger partial charge in [-0.3, -0.25) is 4.79 Å². The van der Waals surface area contributed by atoms with Gasteiger partial charge in [-0.2, -0.15) is 0 Å². The Hall–Kier alpha value is -3.03. The van der Waals surface area contributed by atoms with Crippen LogP contribution in [0, 0.1) is 6.92 Å². The monoisotopic (exact) mass is 423 g/mol. The van der Waals surface area contributed by atoms with Crippen molar-refractivity contribution in [2.45, 2.75) is 32.3 Å². The van der Waals surface area contributed by atoms with Gasteiger partial charge in [-0.05, 0) is 60.6 Å². The number of methoxy groups -OCH3 is 2. The standard InChI is InChI=1S/C24H29N3O4/c1-5-21(27-23(28)19-8-6-17(7-9-19)15-29-3)26-22-16(2)20(14-25-24(22)30-4)18-10-12-31-13-11-18/h5-9,14,18H,1,10-13,15H2,2-4H3,(H,26,27,28). The van der Waals surface area contributed by atoms with Crippen LogP contribution in [0.25, 0.3) is 0 Å². The summed E-state index contributed by atoms with van der Waals surface area (Å²) < 4.78 is 16.0. The molecule has 7 heteroatoms. The van der Waals surface area contributed by atoms with Crippen molar-refractivity contribution in [1.29, 1.82) is 0 Å². The number of hydrogen-bond donors (Lipinski definition) is 1. The predicted molar refractivity (Wildman–Crippen MR) is 120 cm³/mol. The van der Waals surface area contributed by atoms with Crippen LogP contribution in [0.1, 0.15) is 45.8 Å². The molecule has 1 aromatic heterocycles. The molecule has 164 valence electrons. The average Bonchev–Trinajstić information content (AvgIpc) is 2.80. The molecule has 2 aromatic rings. The van der Waals surface area contributed by atoms with Crippen LogP contribution in [0.15, 0.2) is 48.1 Å². The molecule has 3 rings (SSSR count). The first-order chi connectivity index (χ1) is 15.1. The fourth-order valence-electron chi connectivity index (χ4n) is 3.64. The third-order valence-corrected chi connectivity index (χ3v) is 5.36. The molecule has 1 aliphatic rings. The minimum Gasteiger partial charge on any atom is -0.479 e. The van der Waals surface area contributed by atoms with Crippen LogP contribution in [0.5, 0.6) is 5.88 Å². The highest BCUT2D eigenvalue weighted by molar-refractivity contribution is 6.10. The Morgan fingerprint density at radius 1 is 1.29 bits per heavy atom. The van der Waals surface area contributed by atoms with Gasteiger partial charge in [0, 0.05) is 32.1 Å². The number of pyridine rings is 1. The molecule has 0 atom stereocenters. The van der Waals surface area contributed by atoms with Crippen molar-refractivity contribution in [2.24, 2.45) is 4.99 Å². The van der Waals surface area contributed by atoms with E-state index in [0.717, 1.165) is 42.7 Å². The summed E-state index contributed by atoms with van der Waals surface area (Å²) in [6.45, 7) is 7.79. The van der Waals surface area contributed by atoms with Crippen molar-refractivity contribution in [1.82, 2.24) is 10.3 Å². The molecule has 0 bridgehead atoms. The second-order valence-electron chi connectivity index (χ2n) is 7.37. The smallest absolute Gasteiger partial charge is 0.256 e. The summed E-state index contributed by atoms with van der Waals surface area (Å²) in [5.41, 5.74) is 4.22. The van der Waals surface area contributed by atoms with Gasteiger partial charge in [0.05, 0.1) is 13.7 Å². The number of nitrogens with one attached hydrogen (secondary N) is 1. The minimum atomic E-state index is -0.271. The van der Waals surface area contributed by atoms with E-state index in [4.69, 9.17) is 14.2 Å². The number of aliphatic imine (C=N–C) groups is 1. The SMILES string of the molecule is C=CC(=Nc1c(OC)ncc(C2CCOCC2)c1C)NC(=O)c1ccc(COC)cc1. The largest absolute Gasteiger partial charge is 0.479 e. The van der Waals surface area contributed by atoms with Crippen molar-refractivity contribution in [3.05, 3.63) is 65.4 Å². The first kappa shape index (κ1) is 22.7. The van der Waals surface area contributed by atoms with Gasteiger partial charge in [0.25, 0.3) is 5.91 Å². The van der Waals surface area contributed by atoms with Gasteiger partial charge in [-0.1, -0.05) is 18.7 Å². The van der Waals surface area contributed by atoms with Crippen LogP contribution >= 0.6 is 0 Å².